The van der Waals surface area contributed by atoms with Gasteiger partial charge in [-0.2, -0.15) is 10.3 Å². The monoisotopic (exact) mass is 486 g/mol. The minimum Gasteiger partial charge on any atom is -0.310 e. The molecular formula is C28H38N8. The van der Waals surface area contributed by atoms with Crippen LogP contribution < -0.4 is 0 Å². The first kappa shape index (κ1) is 24.4. The molecule has 0 bridgehead atoms. The lowest BCUT2D eigenvalue weighted by atomic mass is 9.87. The third-order valence-corrected chi connectivity index (χ3v) is 7.59. The van der Waals surface area contributed by atoms with Crippen LogP contribution in [-0.2, 0) is 13.0 Å². The molecule has 1 aliphatic carbocycles. The highest BCUT2D eigenvalue weighted by Gasteiger charge is 2.23. The molecule has 0 amide bonds. The van der Waals surface area contributed by atoms with Gasteiger partial charge in [0.2, 0.25) is 5.82 Å². The number of hydrogen-bond donors (Lipinski definition) is 1. The summed E-state index contributed by atoms with van der Waals surface area (Å²) in [6, 6.07) is 13.2. The van der Waals surface area contributed by atoms with E-state index in [1.54, 1.807) is 0 Å². The maximum Gasteiger partial charge on any atom is 0.221 e. The van der Waals surface area contributed by atoms with E-state index < -0.39 is 0 Å². The van der Waals surface area contributed by atoms with Gasteiger partial charge < -0.3 is 4.57 Å². The fourth-order valence-corrected chi connectivity index (χ4v) is 5.33. The summed E-state index contributed by atoms with van der Waals surface area (Å²) in [6.45, 7) is 7.40. The van der Waals surface area contributed by atoms with Gasteiger partial charge in [-0.3, -0.25) is 0 Å². The molecule has 1 saturated carbocycles. The van der Waals surface area contributed by atoms with Crippen LogP contribution in [0.25, 0.3) is 17.2 Å². The van der Waals surface area contributed by atoms with E-state index in [0.29, 0.717) is 17.7 Å². The van der Waals surface area contributed by atoms with Gasteiger partial charge in [0.05, 0.1) is 12.2 Å². The number of H-pyrrole nitrogens is 1. The van der Waals surface area contributed by atoms with Crippen LogP contribution in [-0.4, -0.2) is 40.0 Å². The van der Waals surface area contributed by atoms with Crippen molar-refractivity contribution in [2.24, 2.45) is 0 Å². The van der Waals surface area contributed by atoms with Crippen LogP contribution in [0.2, 0.25) is 0 Å². The highest BCUT2D eigenvalue weighted by Crippen LogP contribution is 2.37. The van der Waals surface area contributed by atoms with Gasteiger partial charge in [0, 0.05) is 23.7 Å². The van der Waals surface area contributed by atoms with Crippen LogP contribution in [0, 0.1) is 0 Å². The largest absolute Gasteiger partial charge is 0.310 e. The third kappa shape index (κ3) is 5.13. The zero-order valence-corrected chi connectivity index (χ0v) is 21.8. The Morgan fingerprint density at radius 3 is 2.53 bits per heavy atom. The smallest absolute Gasteiger partial charge is 0.221 e. The van der Waals surface area contributed by atoms with Crippen LogP contribution in [0.5, 0.6) is 0 Å². The number of tetrazole rings is 1. The molecule has 4 aromatic rings. The first-order valence-electron chi connectivity index (χ1n) is 13.7. The van der Waals surface area contributed by atoms with Gasteiger partial charge >= 0.3 is 0 Å². The fraction of sp³-hybridized carbons (Fsp3) is 0.536. The summed E-state index contributed by atoms with van der Waals surface area (Å²) in [6.07, 6.45) is 10.7. The van der Waals surface area contributed by atoms with Gasteiger partial charge in [-0.1, -0.05) is 58.6 Å². The van der Waals surface area contributed by atoms with Crippen molar-refractivity contribution in [1.82, 2.24) is 40.0 Å². The van der Waals surface area contributed by atoms with Crippen molar-refractivity contribution in [3.05, 3.63) is 59.3 Å². The molecule has 8 heteroatoms. The van der Waals surface area contributed by atoms with Gasteiger partial charge in [0.15, 0.2) is 5.82 Å². The molecular weight excluding hydrogens is 448 g/mol. The first-order valence-corrected chi connectivity index (χ1v) is 13.7. The molecule has 0 saturated heterocycles. The van der Waals surface area contributed by atoms with E-state index in [0.717, 1.165) is 55.3 Å². The Morgan fingerprint density at radius 2 is 1.83 bits per heavy atom. The molecule has 5 rings (SSSR count). The molecule has 3 aromatic heterocycles. The Bertz CT molecular complexity index is 1230. The number of rotatable bonds is 10. The van der Waals surface area contributed by atoms with Crippen molar-refractivity contribution in [3.63, 3.8) is 0 Å². The molecule has 190 valence electrons. The minimum atomic E-state index is 0.391. The molecule has 1 fully saturated rings. The van der Waals surface area contributed by atoms with E-state index in [1.807, 2.05) is 0 Å². The Labute approximate surface area is 213 Å². The number of aromatic nitrogens is 8. The highest BCUT2D eigenvalue weighted by atomic mass is 15.5. The van der Waals surface area contributed by atoms with Crippen LogP contribution in [0.4, 0.5) is 0 Å². The van der Waals surface area contributed by atoms with Gasteiger partial charge in [-0.05, 0) is 66.6 Å². The third-order valence-electron chi connectivity index (χ3n) is 7.59. The molecule has 36 heavy (non-hydrogen) atoms. The second-order valence-electron chi connectivity index (χ2n) is 10.2. The second-order valence-corrected chi connectivity index (χ2v) is 10.2. The van der Waals surface area contributed by atoms with E-state index in [1.165, 1.54) is 43.4 Å². The molecule has 0 spiro atoms. The predicted octanol–water partition coefficient (Wildman–Crippen LogP) is 6.20. The molecule has 1 aliphatic rings. The summed E-state index contributed by atoms with van der Waals surface area (Å²) in [5.41, 5.74) is 4.68. The van der Waals surface area contributed by atoms with E-state index >= 15 is 0 Å². The van der Waals surface area contributed by atoms with Crippen LogP contribution >= 0.6 is 0 Å². The lowest BCUT2D eigenvalue weighted by Gasteiger charge is -2.24. The first-order chi connectivity index (χ1) is 17.7. The van der Waals surface area contributed by atoms with E-state index in [2.05, 4.69) is 87.0 Å². The number of aromatic amines is 1. The average molecular weight is 487 g/mol. The zero-order chi connectivity index (χ0) is 24.9. The normalized spacial score (nSPS) is 15.4. The predicted molar refractivity (Wildman–Crippen MR) is 141 cm³/mol. The Hall–Kier alpha value is -3.29. The van der Waals surface area contributed by atoms with Crippen molar-refractivity contribution in [1.29, 1.82) is 0 Å². The summed E-state index contributed by atoms with van der Waals surface area (Å²) in [5, 5.41) is 19.8. The summed E-state index contributed by atoms with van der Waals surface area (Å²) >= 11 is 0. The maximum atomic E-state index is 4.90. The second kappa shape index (κ2) is 11.2. The standard InChI is InChI=1S/C28H38N8/c1-4-6-12-26-29-28(20(3)5-2)35(32-26)19-21-13-15-23(16-14-21)36-24(22-10-8-7-9-11-22)17-18-25(36)27-30-33-34-31-27/h13-18,20,22H,4-12,19H2,1-3H3,(H,30,31,33,34). The number of aryl methyl sites for hydroxylation is 1. The number of unbranched alkanes of at least 4 members (excludes halogenated alkanes) is 1. The summed E-state index contributed by atoms with van der Waals surface area (Å²) in [7, 11) is 0. The van der Waals surface area contributed by atoms with Crippen LogP contribution in [0.15, 0.2) is 36.4 Å². The number of hydrogen-bond acceptors (Lipinski definition) is 5. The van der Waals surface area contributed by atoms with Crippen LogP contribution in [0.3, 0.4) is 0 Å². The molecule has 0 aliphatic heterocycles. The number of nitrogens with one attached hydrogen (secondary N) is 1. The topological polar surface area (TPSA) is 90.1 Å². The van der Waals surface area contributed by atoms with Gasteiger partial charge in [0.25, 0.3) is 0 Å². The van der Waals surface area contributed by atoms with Crippen molar-refractivity contribution in [2.45, 2.75) is 96.9 Å². The SMILES string of the molecule is CCCCc1nc(C(C)CC)n(Cc2ccc(-n3c(-c4nn[nH]n4)ccc3C3CCCCC3)cc2)n1. The maximum absolute atomic E-state index is 4.90. The summed E-state index contributed by atoms with van der Waals surface area (Å²) < 4.78 is 4.44. The molecule has 1 unspecified atom stereocenters. The minimum absolute atomic E-state index is 0.391. The summed E-state index contributed by atoms with van der Waals surface area (Å²) in [4.78, 5) is 4.90. The van der Waals surface area contributed by atoms with Gasteiger partial charge in [-0.15, -0.1) is 10.2 Å². The molecule has 1 aromatic carbocycles. The van der Waals surface area contributed by atoms with Gasteiger partial charge in [0.1, 0.15) is 5.82 Å². The molecule has 1 atom stereocenters. The van der Waals surface area contributed by atoms with E-state index in [9.17, 15) is 0 Å². The molecule has 3 heterocycles. The van der Waals surface area contributed by atoms with Crippen molar-refractivity contribution < 1.29 is 0 Å². The van der Waals surface area contributed by atoms with Crippen LogP contribution in [0.1, 0.15) is 107 Å². The van der Waals surface area contributed by atoms with Crippen molar-refractivity contribution in [2.75, 3.05) is 0 Å². The van der Waals surface area contributed by atoms with E-state index in [-0.39, 0.29) is 0 Å². The van der Waals surface area contributed by atoms with Gasteiger partial charge in [-0.25, -0.2) is 9.67 Å². The Kier molecular flexibility index (Phi) is 7.58. The fourth-order valence-electron chi connectivity index (χ4n) is 5.33. The molecule has 1 N–H and O–H groups in total. The lowest BCUT2D eigenvalue weighted by molar-refractivity contribution is 0.433. The summed E-state index contributed by atoms with van der Waals surface area (Å²) in [5.74, 6) is 3.65. The molecule has 0 radical (unpaired) electrons. The lowest BCUT2D eigenvalue weighted by Crippen LogP contribution is -2.12. The van der Waals surface area contributed by atoms with E-state index in [4.69, 9.17) is 10.1 Å². The Morgan fingerprint density at radius 1 is 1.03 bits per heavy atom. The number of benzene rings is 1. The van der Waals surface area contributed by atoms with Crippen molar-refractivity contribution in [3.8, 4) is 17.2 Å². The number of nitrogens with zero attached hydrogens (tertiary/aromatic N) is 7. The quantitative estimate of drug-likeness (QED) is 0.288. The Balaban J connectivity index is 1.44. The van der Waals surface area contributed by atoms with Crippen molar-refractivity contribution >= 4 is 0 Å². The average Bonchev–Trinajstić information content (AvgIpc) is 3.68. The zero-order valence-electron chi connectivity index (χ0n) is 21.8. The molecule has 8 nitrogen and oxygen atoms in total. The highest BCUT2D eigenvalue weighted by molar-refractivity contribution is 5.57.